The van der Waals surface area contributed by atoms with Gasteiger partial charge in [0.25, 0.3) is 0 Å². The molecule has 0 saturated heterocycles. The van der Waals surface area contributed by atoms with Gasteiger partial charge in [0, 0.05) is 0 Å². The summed E-state index contributed by atoms with van der Waals surface area (Å²) in [6.07, 6.45) is 0.436. The van der Waals surface area contributed by atoms with Crippen molar-refractivity contribution in [2.45, 2.75) is 25.1 Å². The van der Waals surface area contributed by atoms with Crippen LogP contribution in [0.5, 0.6) is 5.75 Å². The third-order valence-electron chi connectivity index (χ3n) is 3.07. The predicted octanol–water partition coefficient (Wildman–Crippen LogP) is 3.79. The second-order valence-electron chi connectivity index (χ2n) is 4.55. The number of hydrogen-bond acceptors (Lipinski definition) is 5. The number of benzene rings is 1. The smallest absolute Gasteiger partial charge is 0.367 e. The lowest BCUT2D eigenvalue weighted by Gasteiger charge is -2.18. The zero-order chi connectivity index (χ0) is 15.5. The number of halogens is 1. The Morgan fingerprint density at radius 3 is 2.57 bits per heavy atom. The highest BCUT2D eigenvalue weighted by Crippen LogP contribution is 2.48. The van der Waals surface area contributed by atoms with Crippen LogP contribution in [0.3, 0.4) is 0 Å². The van der Waals surface area contributed by atoms with E-state index in [1.807, 2.05) is 12.1 Å². The number of carbonyl (C=O) groups excluding carboxylic acids is 1. The summed E-state index contributed by atoms with van der Waals surface area (Å²) in [6, 6.07) is 5.41. The molecule has 1 aliphatic rings. The molecule has 116 valence electrons. The van der Waals surface area contributed by atoms with E-state index in [1.54, 1.807) is 19.9 Å². The molecule has 0 heterocycles. The summed E-state index contributed by atoms with van der Waals surface area (Å²) in [5, 5.41) is 0. The molecule has 7 heteroatoms. The first-order valence-corrected chi connectivity index (χ1v) is 9.46. The molecule has 0 N–H and O–H groups in total. The summed E-state index contributed by atoms with van der Waals surface area (Å²) in [7, 11) is -3.29. The lowest BCUT2D eigenvalue weighted by molar-refractivity contribution is 0.0998. The molecule has 5 nitrogen and oxygen atoms in total. The normalized spacial score (nSPS) is 17.9. The van der Waals surface area contributed by atoms with Crippen molar-refractivity contribution < 1.29 is 23.1 Å². The van der Waals surface area contributed by atoms with Crippen molar-refractivity contribution in [2.75, 3.05) is 19.6 Å². The van der Waals surface area contributed by atoms with Crippen LogP contribution in [0.4, 0.5) is 0 Å². The number of ether oxygens (including phenoxy) is 1. The summed E-state index contributed by atoms with van der Waals surface area (Å²) >= 11 is 3.35. The average Bonchev–Trinajstić information content (AvgIpc) is 2.73. The van der Waals surface area contributed by atoms with Crippen LogP contribution in [0.25, 0.3) is 0 Å². The quantitative estimate of drug-likeness (QED) is 0.535. The minimum Gasteiger partial charge on any atom is -0.480 e. The molecule has 0 aliphatic heterocycles. The van der Waals surface area contributed by atoms with Crippen molar-refractivity contribution in [2.24, 2.45) is 0 Å². The monoisotopic (exact) mass is 376 g/mol. The molecular weight excluding hydrogens is 359 g/mol. The summed E-state index contributed by atoms with van der Waals surface area (Å²) in [4.78, 5) is 11.9. The van der Waals surface area contributed by atoms with E-state index in [9.17, 15) is 9.36 Å². The van der Waals surface area contributed by atoms with Crippen molar-refractivity contribution in [3.8, 4) is 5.75 Å². The largest absolute Gasteiger partial charge is 0.480 e. The summed E-state index contributed by atoms with van der Waals surface area (Å²) < 4.78 is 28.3. The van der Waals surface area contributed by atoms with Gasteiger partial charge in [0.15, 0.2) is 12.1 Å². The minimum atomic E-state index is -3.29. The maximum absolute atomic E-state index is 12.4. The number of carbonyl (C=O) groups is 1. The van der Waals surface area contributed by atoms with E-state index in [0.29, 0.717) is 17.7 Å². The number of ketones is 1. The second kappa shape index (κ2) is 7.05. The van der Waals surface area contributed by atoms with Crippen LogP contribution in [-0.4, -0.2) is 30.2 Å². The fourth-order valence-corrected chi connectivity index (χ4v) is 4.13. The zero-order valence-electron chi connectivity index (χ0n) is 12.0. The van der Waals surface area contributed by atoms with Crippen LogP contribution < -0.4 is 4.74 Å². The van der Waals surface area contributed by atoms with Gasteiger partial charge in [-0.3, -0.25) is 9.36 Å². The molecule has 2 rings (SSSR count). The van der Waals surface area contributed by atoms with Crippen molar-refractivity contribution in [3.05, 3.63) is 29.3 Å². The lowest BCUT2D eigenvalue weighted by Crippen LogP contribution is -2.10. The van der Waals surface area contributed by atoms with Gasteiger partial charge >= 0.3 is 7.60 Å². The Morgan fingerprint density at radius 2 is 1.95 bits per heavy atom. The molecule has 0 spiro atoms. The molecule has 0 bridgehead atoms. The Balaban J connectivity index is 2.16. The molecule has 0 saturated carbocycles. The number of fused-ring (bicyclic) bond motifs is 1. The fraction of sp³-hybridized carbons (Fsp3) is 0.500. The van der Waals surface area contributed by atoms with Gasteiger partial charge in [-0.15, -0.1) is 0 Å². The molecule has 0 fully saturated rings. The van der Waals surface area contributed by atoms with E-state index in [2.05, 4.69) is 15.9 Å². The van der Waals surface area contributed by atoms with Crippen LogP contribution in [0.2, 0.25) is 0 Å². The van der Waals surface area contributed by atoms with Crippen LogP contribution in [-0.2, 0) is 20.0 Å². The Kier molecular flexibility index (Phi) is 5.60. The molecule has 0 radical (unpaired) electrons. The lowest BCUT2D eigenvalue weighted by atomic mass is 10.1. The highest BCUT2D eigenvalue weighted by Gasteiger charge is 2.32. The highest BCUT2D eigenvalue weighted by molar-refractivity contribution is 9.10. The van der Waals surface area contributed by atoms with Crippen LogP contribution in [0, 0.1) is 0 Å². The van der Waals surface area contributed by atoms with E-state index in [1.165, 1.54) is 0 Å². The van der Waals surface area contributed by atoms with Gasteiger partial charge in [0.1, 0.15) is 5.75 Å². The maximum Gasteiger partial charge on any atom is 0.367 e. The van der Waals surface area contributed by atoms with Gasteiger partial charge in [-0.1, -0.05) is 28.1 Å². The molecule has 0 amide bonds. The Bertz CT molecular complexity index is 564. The summed E-state index contributed by atoms with van der Waals surface area (Å²) in [6.45, 7) is 4.03. The zero-order valence-corrected chi connectivity index (χ0v) is 14.5. The standard InChI is InChI=1S/C14H18BrO5P/c1-3-19-21(17,20-4-2)9-18-12-7-5-6-10-8-11(15)14(16)13(10)12/h5-7,11H,3-4,8-9H2,1-2H3. The molecule has 1 unspecified atom stereocenters. The van der Waals surface area contributed by atoms with Gasteiger partial charge < -0.3 is 13.8 Å². The molecule has 1 aromatic carbocycles. The summed E-state index contributed by atoms with van der Waals surface area (Å²) in [5.41, 5.74) is 1.49. The van der Waals surface area contributed by atoms with Crippen molar-refractivity contribution in [1.82, 2.24) is 0 Å². The van der Waals surface area contributed by atoms with Crippen LogP contribution in [0.1, 0.15) is 29.8 Å². The number of alkyl halides is 1. The predicted molar refractivity (Wildman–Crippen MR) is 83.5 cm³/mol. The minimum absolute atomic E-state index is 0.0109. The van der Waals surface area contributed by atoms with Crippen LogP contribution >= 0.6 is 23.5 Å². The number of rotatable bonds is 7. The van der Waals surface area contributed by atoms with Gasteiger partial charge in [-0.05, 0) is 31.9 Å². The average molecular weight is 377 g/mol. The van der Waals surface area contributed by atoms with E-state index >= 15 is 0 Å². The Morgan fingerprint density at radius 1 is 1.29 bits per heavy atom. The fourth-order valence-electron chi connectivity index (χ4n) is 2.24. The van der Waals surface area contributed by atoms with Gasteiger partial charge in [-0.2, -0.15) is 0 Å². The van der Waals surface area contributed by atoms with E-state index in [-0.39, 0.29) is 30.2 Å². The molecule has 1 atom stereocenters. The number of hydrogen-bond donors (Lipinski definition) is 0. The van der Waals surface area contributed by atoms with Crippen molar-refractivity contribution in [3.63, 3.8) is 0 Å². The van der Waals surface area contributed by atoms with E-state index < -0.39 is 7.60 Å². The molecule has 1 aromatic rings. The molecule has 21 heavy (non-hydrogen) atoms. The van der Waals surface area contributed by atoms with Gasteiger partial charge in [0.2, 0.25) is 0 Å². The second-order valence-corrected chi connectivity index (χ2v) is 7.65. The molecular formula is C14H18BrO5P. The van der Waals surface area contributed by atoms with E-state index in [0.717, 1.165) is 5.56 Å². The molecule has 1 aliphatic carbocycles. The maximum atomic E-state index is 12.4. The first kappa shape index (κ1) is 16.7. The Hall–Kier alpha value is -0.680. The van der Waals surface area contributed by atoms with Crippen LogP contribution in [0.15, 0.2) is 18.2 Å². The van der Waals surface area contributed by atoms with Crippen molar-refractivity contribution >= 4 is 29.3 Å². The SMILES string of the molecule is CCOP(=O)(COc1cccc2c1C(=O)C(Br)C2)OCC. The van der Waals surface area contributed by atoms with Crippen molar-refractivity contribution in [1.29, 1.82) is 0 Å². The number of Topliss-reactive ketones (excluding diaryl/α,β-unsaturated/α-hetero) is 1. The third-order valence-corrected chi connectivity index (χ3v) is 5.56. The van der Waals surface area contributed by atoms with E-state index in [4.69, 9.17) is 13.8 Å². The summed E-state index contributed by atoms with van der Waals surface area (Å²) in [5.74, 6) is 0.419. The topological polar surface area (TPSA) is 61.8 Å². The first-order chi connectivity index (χ1) is 10.0. The molecule has 0 aromatic heterocycles. The Labute approximate surface area is 132 Å². The van der Waals surface area contributed by atoms with Gasteiger partial charge in [-0.25, -0.2) is 0 Å². The highest BCUT2D eigenvalue weighted by atomic mass is 79.9. The third kappa shape index (κ3) is 3.75. The first-order valence-electron chi connectivity index (χ1n) is 6.82. The van der Waals surface area contributed by atoms with Gasteiger partial charge in [0.05, 0.1) is 23.6 Å².